The lowest BCUT2D eigenvalue weighted by Crippen LogP contribution is -2.32. The molecule has 0 bridgehead atoms. The molecule has 0 amide bonds. The second-order valence-corrected chi connectivity index (χ2v) is 7.14. The van der Waals surface area contributed by atoms with Crippen LogP contribution in [0.2, 0.25) is 0 Å². The molecule has 0 spiro atoms. The Labute approximate surface area is 152 Å². The molecule has 1 heterocycles. The van der Waals surface area contributed by atoms with Crippen LogP contribution in [0.15, 0.2) is 48.6 Å². The van der Waals surface area contributed by atoms with E-state index in [0.29, 0.717) is 11.8 Å². The maximum Gasteiger partial charge on any atom is 0.338 e. The van der Waals surface area contributed by atoms with Crippen molar-refractivity contribution in [1.29, 1.82) is 0 Å². The highest BCUT2D eigenvalue weighted by atomic mass is 19.1. The standard InChI is InChI=1S/C22H22FNO2/c1-2-13-7-10-20-18(11-13)15-5-3-4-6-16(15)21(24-20)14-8-9-17(22(25)26)19(23)12-14/h3,5,7-12,15-16,21,24H,2,4,6H2,1H3,(H,25,26)/t15-,16+,21+/m1/s1. The van der Waals surface area contributed by atoms with Crippen LogP contribution in [0.25, 0.3) is 0 Å². The molecule has 0 fully saturated rings. The van der Waals surface area contributed by atoms with Crippen LogP contribution in [0.5, 0.6) is 0 Å². The van der Waals surface area contributed by atoms with Crippen LogP contribution in [-0.4, -0.2) is 11.1 Å². The lowest BCUT2D eigenvalue weighted by atomic mass is 9.70. The van der Waals surface area contributed by atoms with Crippen LogP contribution < -0.4 is 5.32 Å². The summed E-state index contributed by atoms with van der Waals surface area (Å²) in [6.07, 6.45) is 7.55. The van der Waals surface area contributed by atoms with Crippen LogP contribution in [0.1, 0.15) is 58.8 Å². The average Bonchev–Trinajstić information content (AvgIpc) is 2.66. The molecule has 3 atom stereocenters. The van der Waals surface area contributed by atoms with Crippen LogP contribution in [0.3, 0.4) is 0 Å². The van der Waals surface area contributed by atoms with Gasteiger partial charge in [-0.1, -0.05) is 37.3 Å². The Morgan fingerprint density at radius 3 is 2.85 bits per heavy atom. The average molecular weight is 351 g/mol. The molecule has 26 heavy (non-hydrogen) atoms. The fraction of sp³-hybridized carbons (Fsp3) is 0.318. The zero-order valence-electron chi connectivity index (χ0n) is 14.7. The Hall–Kier alpha value is -2.62. The Morgan fingerprint density at radius 2 is 2.12 bits per heavy atom. The number of carboxylic acids is 1. The van der Waals surface area contributed by atoms with Crippen LogP contribution in [0, 0.1) is 11.7 Å². The highest BCUT2D eigenvalue weighted by Crippen LogP contribution is 2.49. The number of halogens is 1. The third-order valence-corrected chi connectivity index (χ3v) is 5.68. The second kappa shape index (κ2) is 6.60. The van der Waals surface area contributed by atoms with Gasteiger partial charge in [-0.2, -0.15) is 0 Å². The summed E-state index contributed by atoms with van der Waals surface area (Å²) < 4.78 is 14.3. The second-order valence-electron chi connectivity index (χ2n) is 7.14. The molecule has 0 saturated heterocycles. The monoisotopic (exact) mass is 351 g/mol. The first kappa shape index (κ1) is 16.8. The molecule has 2 N–H and O–H groups in total. The molecule has 0 saturated carbocycles. The SMILES string of the molecule is CCc1ccc2c(c1)[C@@H]1C=CCC[C@@H]1[C@H](c1ccc(C(=O)O)c(F)c1)N2. The van der Waals surface area contributed by atoms with E-state index in [4.69, 9.17) is 5.11 Å². The maximum atomic E-state index is 14.3. The van der Waals surface area contributed by atoms with Gasteiger partial charge >= 0.3 is 5.97 Å². The largest absolute Gasteiger partial charge is 0.478 e. The molecule has 0 unspecified atom stereocenters. The summed E-state index contributed by atoms with van der Waals surface area (Å²) in [5.74, 6) is -1.28. The number of carboxylic acid groups (broad SMARTS) is 1. The van der Waals surface area contributed by atoms with Gasteiger partial charge in [0.05, 0.1) is 11.6 Å². The molecular formula is C22H22FNO2. The van der Waals surface area contributed by atoms with E-state index < -0.39 is 11.8 Å². The van der Waals surface area contributed by atoms with Gasteiger partial charge in [-0.15, -0.1) is 0 Å². The number of rotatable bonds is 3. The minimum atomic E-state index is -1.23. The third kappa shape index (κ3) is 2.79. The minimum absolute atomic E-state index is 0.0257. The first-order valence-corrected chi connectivity index (χ1v) is 9.17. The predicted octanol–water partition coefficient (Wildman–Crippen LogP) is 5.30. The molecule has 0 radical (unpaired) electrons. The van der Waals surface area contributed by atoms with Crippen molar-refractivity contribution >= 4 is 11.7 Å². The van der Waals surface area contributed by atoms with E-state index in [2.05, 4.69) is 42.6 Å². The highest BCUT2D eigenvalue weighted by molar-refractivity contribution is 5.88. The lowest BCUT2D eigenvalue weighted by Gasteiger charge is -2.42. The number of aromatic carboxylic acids is 1. The van der Waals surface area contributed by atoms with Crippen molar-refractivity contribution in [3.8, 4) is 0 Å². The van der Waals surface area contributed by atoms with Gasteiger partial charge in [-0.3, -0.25) is 0 Å². The van der Waals surface area contributed by atoms with Gasteiger partial charge in [-0.05, 0) is 60.1 Å². The Bertz CT molecular complexity index is 890. The molecule has 1 aliphatic carbocycles. The molecule has 2 aromatic carbocycles. The van der Waals surface area contributed by atoms with E-state index in [1.165, 1.54) is 23.3 Å². The Balaban J connectivity index is 1.77. The fourth-order valence-corrected chi connectivity index (χ4v) is 4.30. The summed E-state index contributed by atoms with van der Waals surface area (Å²) in [6, 6.07) is 11.0. The number of nitrogens with one attached hydrogen (secondary N) is 1. The van der Waals surface area contributed by atoms with Gasteiger partial charge in [-0.25, -0.2) is 9.18 Å². The van der Waals surface area contributed by atoms with E-state index in [0.717, 1.165) is 30.5 Å². The number of aryl methyl sites for hydroxylation is 1. The molecule has 4 heteroatoms. The molecule has 2 aromatic rings. The predicted molar refractivity (Wildman–Crippen MR) is 100 cm³/mol. The summed E-state index contributed by atoms with van der Waals surface area (Å²) in [7, 11) is 0. The third-order valence-electron chi connectivity index (χ3n) is 5.68. The molecule has 2 aliphatic rings. The summed E-state index contributed by atoms with van der Waals surface area (Å²) in [5, 5.41) is 12.7. The minimum Gasteiger partial charge on any atom is -0.478 e. The summed E-state index contributed by atoms with van der Waals surface area (Å²) >= 11 is 0. The van der Waals surface area contributed by atoms with Crippen LogP contribution >= 0.6 is 0 Å². The Morgan fingerprint density at radius 1 is 1.27 bits per heavy atom. The van der Waals surface area contributed by atoms with Gasteiger partial charge in [0, 0.05) is 11.6 Å². The lowest BCUT2D eigenvalue weighted by molar-refractivity contribution is 0.0692. The van der Waals surface area contributed by atoms with Crippen molar-refractivity contribution in [3.63, 3.8) is 0 Å². The first-order valence-electron chi connectivity index (χ1n) is 9.17. The first-order chi connectivity index (χ1) is 12.6. The van der Waals surface area contributed by atoms with Gasteiger partial charge < -0.3 is 10.4 Å². The van der Waals surface area contributed by atoms with E-state index in [-0.39, 0.29) is 11.6 Å². The molecule has 0 aromatic heterocycles. The summed E-state index contributed by atoms with van der Waals surface area (Å²) in [5.41, 5.74) is 4.24. The van der Waals surface area contributed by atoms with Gasteiger partial charge in [0.2, 0.25) is 0 Å². The number of benzene rings is 2. The van der Waals surface area contributed by atoms with E-state index in [1.54, 1.807) is 6.07 Å². The fourth-order valence-electron chi connectivity index (χ4n) is 4.30. The van der Waals surface area contributed by atoms with E-state index in [9.17, 15) is 9.18 Å². The smallest absolute Gasteiger partial charge is 0.338 e. The van der Waals surface area contributed by atoms with E-state index >= 15 is 0 Å². The topological polar surface area (TPSA) is 49.3 Å². The van der Waals surface area contributed by atoms with Crippen molar-refractivity contribution in [2.45, 2.75) is 38.1 Å². The molecule has 1 aliphatic heterocycles. The zero-order valence-corrected chi connectivity index (χ0v) is 14.7. The van der Waals surface area contributed by atoms with Crippen molar-refractivity contribution in [3.05, 3.63) is 76.6 Å². The summed E-state index contributed by atoms with van der Waals surface area (Å²) in [4.78, 5) is 11.1. The van der Waals surface area contributed by atoms with Crippen molar-refractivity contribution in [1.82, 2.24) is 0 Å². The van der Waals surface area contributed by atoms with Crippen LogP contribution in [-0.2, 0) is 6.42 Å². The number of carbonyl (C=O) groups is 1. The van der Waals surface area contributed by atoms with Crippen LogP contribution in [0.4, 0.5) is 10.1 Å². The number of hydrogen-bond acceptors (Lipinski definition) is 2. The Kier molecular flexibility index (Phi) is 4.27. The van der Waals surface area contributed by atoms with Crippen molar-refractivity contribution in [2.24, 2.45) is 5.92 Å². The van der Waals surface area contributed by atoms with Crippen molar-refractivity contribution < 1.29 is 14.3 Å². The zero-order chi connectivity index (χ0) is 18.3. The highest BCUT2D eigenvalue weighted by Gasteiger charge is 2.37. The molecule has 134 valence electrons. The number of anilines is 1. The number of fused-ring (bicyclic) bond motifs is 3. The molecule has 3 nitrogen and oxygen atoms in total. The maximum absolute atomic E-state index is 14.3. The van der Waals surface area contributed by atoms with Gasteiger partial charge in [0.1, 0.15) is 5.82 Å². The van der Waals surface area contributed by atoms with Gasteiger partial charge in [0.15, 0.2) is 0 Å². The molecular weight excluding hydrogens is 329 g/mol. The van der Waals surface area contributed by atoms with E-state index in [1.807, 2.05) is 0 Å². The quantitative estimate of drug-likeness (QED) is 0.738. The molecule has 4 rings (SSSR count). The number of allylic oxidation sites excluding steroid dienone is 2. The normalized spacial score (nSPS) is 23.7. The van der Waals surface area contributed by atoms with Crippen molar-refractivity contribution in [2.75, 3.05) is 5.32 Å². The van der Waals surface area contributed by atoms with Gasteiger partial charge in [0.25, 0.3) is 0 Å². The number of hydrogen-bond donors (Lipinski definition) is 2. The summed E-state index contributed by atoms with van der Waals surface area (Å²) in [6.45, 7) is 2.15.